The number of rotatable bonds is 6. The lowest BCUT2D eigenvalue weighted by molar-refractivity contribution is -0.121. The number of ether oxygens (including phenoxy) is 1. The van der Waals surface area contributed by atoms with Gasteiger partial charge in [0.15, 0.2) is 0 Å². The van der Waals surface area contributed by atoms with Crippen LogP contribution in [0.2, 0.25) is 0 Å². The average Bonchev–Trinajstić information content (AvgIpc) is 2.35. The summed E-state index contributed by atoms with van der Waals surface area (Å²) in [6.07, 6.45) is 0. The first-order valence-corrected chi connectivity index (χ1v) is 8.19. The summed E-state index contributed by atoms with van der Waals surface area (Å²) in [6, 6.07) is 6.00. The molecule has 0 bridgehead atoms. The van der Waals surface area contributed by atoms with Crippen molar-refractivity contribution in [1.82, 2.24) is 5.32 Å². The second-order valence-corrected chi connectivity index (χ2v) is 7.69. The zero-order chi connectivity index (χ0) is 16.9. The maximum atomic E-state index is 12.2. The molecule has 0 radical (unpaired) electrons. The maximum absolute atomic E-state index is 12.2. The number of halogens is 2. The lowest BCUT2D eigenvalue weighted by Gasteiger charge is -2.23. The van der Waals surface area contributed by atoms with E-state index in [2.05, 4.69) is 10.1 Å². The summed E-state index contributed by atoms with van der Waals surface area (Å²) in [7, 11) is -1.46. The molecule has 22 heavy (non-hydrogen) atoms. The molecule has 1 amide bonds. The van der Waals surface area contributed by atoms with Crippen LogP contribution in [0.4, 0.5) is 8.78 Å². The van der Waals surface area contributed by atoms with E-state index in [0.717, 1.165) is 0 Å². The van der Waals surface area contributed by atoms with Crippen LogP contribution in [-0.2, 0) is 21.3 Å². The quantitative estimate of drug-likeness (QED) is 0.871. The van der Waals surface area contributed by atoms with Crippen molar-refractivity contribution in [3.63, 3.8) is 0 Å². The van der Waals surface area contributed by atoms with Crippen LogP contribution in [-0.4, -0.2) is 27.5 Å². The Balaban J connectivity index is 2.70. The Bertz CT molecular complexity index is 544. The molecule has 1 aromatic carbocycles. The largest absolute Gasteiger partial charge is 0.435 e. The molecule has 0 aliphatic rings. The Hall–Kier alpha value is -1.50. The predicted octanol–water partition coefficient (Wildman–Crippen LogP) is 2.84. The number of benzene rings is 1. The number of amides is 1. The van der Waals surface area contributed by atoms with Crippen molar-refractivity contribution in [3.05, 3.63) is 29.8 Å². The van der Waals surface area contributed by atoms with Gasteiger partial charge in [-0.15, -0.1) is 0 Å². The van der Waals surface area contributed by atoms with Gasteiger partial charge < -0.3 is 10.1 Å². The van der Waals surface area contributed by atoms with Crippen LogP contribution in [0.3, 0.4) is 0 Å². The summed E-state index contributed by atoms with van der Waals surface area (Å²) < 4.78 is 40.9. The minimum Gasteiger partial charge on any atom is -0.435 e. The fourth-order valence-corrected chi connectivity index (χ4v) is 2.75. The third-order valence-electron chi connectivity index (χ3n) is 2.69. The van der Waals surface area contributed by atoms with Gasteiger partial charge in [0.1, 0.15) is 11.0 Å². The van der Waals surface area contributed by atoms with Crippen molar-refractivity contribution in [3.8, 4) is 5.75 Å². The van der Waals surface area contributed by atoms with Crippen molar-refractivity contribution < 1.29 is 22.5 Å². The maximum Gasteiger partial charge on any atom is 0.387 e. The van der Waals surface area contributed by atoms with Crippen molar-refractivity contribution in [2.24, 2.45) is 0 Å². The van der Waals surface area contributed by atoms with Crippen LogP contribution in [0.5, 0.6) is 5.75 Å². The molecule has 0 saturated heterocycles. The number of alkyl halides is 2. The van der Waals surface area contributed by atoms with Crippen LogP contribution in [0.1, 0.15) is 33.3 Å². The summed E-state index contributed by atoms with van der Waals surface area (Å²) in [5.41, 5.74) is 0.174. The molecule has 0 heterocycles. The Morgan fingerprint density at radius 3 is 2.55 bits per heavy atom. The standard InChI is InChI=1S/C15H21F2NO3S/c1-10(13(19)18-15(2,3)4)22(20)9-11-6-5-7-12(8-11)21-14(16)17/h5-8,10,14H,9H2,1-4H3,(H,18,19)/t10-,22-/m1/s1. The number of hydrogen-bond acceptors (Lipinski definition) is 3. The average molecular weight is 333 g/mol. The summed E-state index contributed by atoms with van der Waals surface area (Å²) >= 11 is 0. The molecular formula is C15H21F2NO3S. The van der Waals surface area contributed by atoms with E-state index in [9.17, 15) is 17.8 Å². The van der Waals surface area contributed by atoms with Crippen molar-refractivity contribution in [1.29, 1.82) is 0 Å². The van der Waals surface area contributed by atoms with E-state index in [4.69, 9.17) is 0 Å². The Morgan fingerprint density at radius 2 is 2.00 bits per heavy atom. The van der Waals surface area contributed by atoms with Crippen LogP contribution in [0.15, 0.2) is 24.3 Å². The van der Waals surface area contributed by atoms with E-state index in [1.807, 2.05) is 20.8 Å². The highest BCUT2D eigenvalue weighted by Gasteiger charge is 2.24. The van der Waals surface area contributed by atoms with Gasteiger partial charge in [-0.3, -0.25) is 9.00 Å². The van der Waals surface area contributed by atoms with E-state index < -0.39 is 28.2 Å². The molecule has 0 aliphatic heterocycles. The topological polar surface area (TPSA) is 55.4 Å². The molecule has 0 fully saturated rings. The van der Waals surface area contributed by atoms with Gasteiger partial charge in [0.2, 0.25) is 5.91 Å². The highest BCUT2D eigenvalue weighted by Crippen LogP contribution is 2.18. The smallest absolute Gasteiger partial charge is 0.387 e. The fourth-order valence-electron chi connectivity index (χ4n) is 1.69. The fraction of sp³-hybridized carbons (Fsp3) is 0.533. The van der Waals surface area contributed by atoms with E-state index in [-0.39, 0.29) is 17.4 Å². The number of hydrogen-bond donors (Lipinski definition) is 1. The van der Waals surface area contributed by atoms with Gasteiger partial charge in [0.05, 0.1) is 0 Å². The first-order chi connectivity index (χ1) is 10.1. The zero-order valence-electron chi connectivity index (χ0n) is 13.1. The van der Waals surface area contributed by atoms with Gasteiger partial charge in [0.25, 0.3) is 0 Å². The molecule has 1 aromatic rings. The highest BCUT2D eigenvalue weighted by molar-refractivity contribution is 7.85. The summed E-state index contributed by atoms with van der Waals surface area (Å²) in [5, 5.41) is 2.07. The molecule has 0 saturated carbocycles. The van der Waals surface area contributed by atoms with E-state index >= 15 is 0 Å². The van der Waals surface area contributed by atoms with Crippen molar-refractivity contribution >= 4 is 16.7 Å². The molecule has 1 N–H and O–H groups in total. The molecule has 7 heteroatoms. The number of carbonyl (C=O) groups excluding carboxylic acids is 1. The van der Waals surface area contributed by atoms with Gasteiger partial charge in [-0.2, -0.15) is 8.78 Å². The third kappa shape index (κ3) is 6.51. The van der Waals surface area contributed by atoms with Gasteiger partial charge in [-0.05, 0) is 45.4 Å². The van der Waals surface area contributed by atoms with Gasteiger partial charge in [-0.25, -0.2) is 0 Å². The summed E-state index contributed by atoms with van der Waals surface area (Å²) in [5.74, 6) is -0.193. The Kier molecular flexibility index (Phi) is 6.47. The molecule has 0 aromatic heterocycles. The number of nitrogens with one attached hydrogen (secondary N) is 1. The molecule has 4 nitrogen and oxygen atoms in total. The normalized spacial score (nSPS) is 14.5. The lowest BCUT2D eigenvalue weighted by atomic mass is 10.1. The SMILES string of the molecule is C[C@H](C(=O)NC(C)(C)C)[S@](=O)Cc1cccc(OC(F)F)c1. The van der Waals surface area contributed by atoms with Crippen LogP contribution < -0.4 is 10.1 Å². The lowest BCUT2D eigenvalue weighted by Crippen LogP contribution is -2.46. The second-order valence-electron chi connectivity index (χ2n) is 5.93. The summed E-state index contributed by atoms with van der Waals surface area (Å²) in [4.78, 5) is 12.0. The van der Waals surface area contributed by atoms with Crippen molar-refractivity contribution in [2.75, 3.05) is 0 Å². The monoisotopic (exact) mass is 333 g/mol. The molecule has 1 rings (SSSR count). The molecule has 0 aliphatic carbocycles. The minimum absolute atomic E-state index is 0.0105. The van der Waals surface area contributed by atoms with Crippen molar-refractivity contribution in [2.45, 2.75) is 50.8 Å². The summed E-state index contributed by atoms with van der Waals surface area (Å²) in [6.45, 7) is 4.19. The van der Waals surface area contributed by atoms with Gasteiger partial charge in [0, 0.05) is 22.1 Å². The first-order valence-electron chi connectivity index (χ1n) is 6.81. The number of carbonyl (C=O) groups is 1. The molecule has 124 valence electrons. The third-order valence-corrected chi connectivity index (χ3v) is 4.31. The molecule has 2 atom stereocenters. The first kappa shape index (κ1) is 18.5. The predicted molar refractivity (Wildman–Crippen MR) is 82.3 cm³/mol. The van der Waals surface area contributed by atoms with Crippen LogP contribution in [0, 0.1) is 0 Å². The zero-order valence-corrected chi connectivity index (χ0v) is 13.9. The van der Waals surface area contributed by atoms with E-state index in [1.165, 1.54) is 12.1 Å². The van der Waals surface area contributed by atoms with Crippen LogP contribution >= 0.6 is 0 Å². The highest BCUT2D eigenvalue weighted by atomic mass is 32.2. The Labute approximate surface area is 131 Å². The minimum atomic E-state index is -2.91. The molecular weight excluding hydrogens is 312 g/mol. The second kappa shape index (κ2) is 7.67. The van der Waals surface area contributed by atoms with Gasteiger partial charge in [-0.1, -0.05) is 12.1 Å². The van der Waals surface area contributed by atoms with E-state index in [1.54, 1.807) is 19.1 Å². The Morgan fingerprint density at radius 1 is 1.36 bits per heavy atom. The molecule has 0 spiro atoms. The van der Waals surface area contributed by atoms with E-state index in [0.29, 0.717) is 5.56 Å². The molecule has 0 unspecified atom stereocenters. The van der Waals surface area contributed by atoms with Gasteiger partial charge >= 0.3 is 6.61 Å². The van der Waals surface area contributed by atoms with Crippen LogP contribution in [0.25, 0.3) is 0 Å².